The molecule has 0 aromatic heterocycles. The van der Waals surface area contributed by atoms with E-state index in [2.05, 4.69) is 35.7 Å². The van der Waals surface area contributed by atoms with Crippen molar-refractivity contribution in [3.05, 3.63) is 54.1 Å². The van der Waals surface area contributed by atoms with E-state index >= 15 is 0 Å². The van der Waals surface area contributed by atoms with Gasteiger partial charge in [-0.15, -0.1) is 0 Å². The van der Waals surface area contributed by atoms with Gasteiger partial charge in [-0.3, -0.25) is 10.1 Å². The van der Waals surface area contributed by atoms with Crippen molar-refractivity contribution in [3.63, 3.8) is 0 Å². The summed E-state index contributed by atoms with van der Waals surface area (Å²) in [7, 11) is 0. The molecule has 1 unspecified atom stereocenters. The Kier molecular flexibility index (Phi) is 3.47. The monoisotopic (exact) mass is 254 g/mol. The molecule has 0 spiro atoms. The van der Waals surface area contributed by atoms with Crippen LogP contribution in [0.3, 0.4) is 0 Å². The number of amides is 1. The first kappa shape index (κ1) is 12.2. The summed E-state index contributed by atoms with van der Waals surface area (Å²) >= 11 is 0. The molecule has 19 heavy (non-hydrogen) atoms. The Hall–Kier alpha value is -1.87. The molecule has 3 heteroatoms. The lowest BCUT2D eigenvalue weighted by Gasteiger charge is -2.28. The number of nitrogens with zero attached hydrogens (tertiary/aromatic N) is 1. The van der Waals surface area contributed by atoms with Crippen LogP contribution in [-0.4, -0.2) is 36.5 Å². The molecule has 1 aromatic rings. The lowest BCUT2D eigenvalue weighted by molar-refractivity contribution is -0.131. The topological polar surface area (TPSA) is 32.3 Å². The molecule has 2 aliphatic heterocycles. The minimum Gasteiger partial charge on any atom is -0.337 e. The number of benzene rings is 1. The average Bonchev–Trinajstić information content (AvgIpc) is 3.02. The largest absolute Gasteiger partial charge is 0.337 e. The van der Waals surface area contributed by atoms with E-state index in [4.69, 9.17) is 0 Å². The van der Waals surface area contributed by atoms with Gasteiger partial charge in [0.2, 0.25) is 5.91 Å². The molecule has 0 aliphatic carbocycles. The molecule has 1 N–H and O–H groups in total. The Balaban J connectivity index is 1.66. The normalized spacial score (nSPS) is 22.4. The van der Waals surface area contributed by atoms with Crippen LogP contribution in [0.15, 0.2) is 48.6 Å². The van der Waals surface area contributed by atoms with Crippen molar-refractivity contribution in [2.45, 2.75) is 12.5 Å². The first-order valence-corrected chi connectivity index (χ1v) is 6.78. The van der Waals surface area contributed by atoms with Crippen LogP contribution in [0.1, 0.15) is 12.0 Å². The van der Waals surface area contributed by atoms with Crippen LogP contribution >= 0.6 is 0 Å². The Morgan fingerprint density at radius 2 is 2.11 bits per heavy atom. The smallest absolute Gasteiger partial charge is 0.243 e. The lowest BCUT2D eigenvalue weighted by Crippen LogP contribution is -2.45. The van der Waals surface area contributed by atoms with Gasteiger partial charge in [-0.2, -0.15) is 0 Å². The Labute approximate surface area is 113 Å². The first-order valence-electron chi connectivity index (χ1n) is 6.78. The second-order valence-electron chi connectivity index (χ2n) is 4.94. The molecule has 1 aromatic carbocycles. The maximum Gasteiger partial charge on any atom is 0.243 e. The highest BCUT2D eigenvalue weighted by atomic mass is 16.2. The second kappa shape index (κ2) is 5.41. The minimum absolute atomic E-state index is 0.119. The van der Waals surface area contributed by atoms with Crippen LogP contribution in [0, 0.1) is 0 Å². The summed E-state index contributed by atoms with van der Waals surface area (Å²) < 4.78 is 0. The van der Waals surface area contributed by atoms with E-state index < -0.39 is 0 Å². The molecular formula is C16H18N2O. The number of carbonyl (C=O) groups excluding carboxylic acids is 1. The van der Waals surface area contributed by atoms with Crippen LogP contribution in [0.25, 0.3) is 5.57 Å². The molecule has 2 heterocycles. The van der Waals surface area contributed by atoms with Crippen molar-refractivity contribution >= 4 is 11.5 Å². The summed E-state index contributed by atoms with van der Waals surface area (Å²) in [6.07, 6.45) is 7.08. The first-order chi connectivity index (χ1) is 9.34. The molecule has 0 saturated carbocycles. The summed E-state index contributed by atoms with van der Waals surface area (Å²) in [4.78, 5) is 14.2. The molecule has 2 aliphatic rings. The number of rotatable bonds is 2. The fourth-order valence-electron chi connectivity index (χ4n) is 2.62. The molecule has 0 radical (unpaired) electrons. The van der Waals surface area contributed by atoms with Crippen molar-refractivity contribution in [2.75, 3.05) is 19.6 Å². The molecule has 98 valence electrons. The molecule has 0 bridgehead atoms. The second-order valence-corrected chi connectivity index (χ2v) is 4.94. The van der Waals surface area contributed by atoms with Crippen LogP contribution in [0.5, 0.6) is 0 Å². The standard InChI is InChI=1S/C16H18N2O/c19-16(15-7-4-10-17-15)18-11-8-14(9-12-18)13-5-2-1-3-6-13/h1-8,15,17H,9-12H2. The fourth-order valence-corrected chi connectivity index (χ4v) is 2.62. The van der Waals surface area contributed by atoms with Crippen LogP contribution in [0.2, 0.25) is 0 Å². The van der Waals surface area contributed by atoms with E-state index in [1.807, 2.05) is 23.1 Å². The van der Waals surface area contributed by atoms with Gasteiger partial charge in [0.15, 0.2) is 0 Å². The maximum atomic E-state index is 12.2. The van der Waals surface area contributed by atoms with Crippen molar-refractivity contribution in [1.29, 1.82) is 0 Å². The third-order valence-corrected chi connectivity index (χ3v) is 3.72. The summed E-state index contributed by atoms with van der Waals surface area (Å²) in [6.45, 7) is 2.33. The van der Waals surface area contributed by atoms with Gasteiger partial charge < -0.3 is 4.90 Å². The maximum absolute atomic E-state index is 12.2. The van der Waals surface area contributed by atoms with Crippen LogP contribution in [-0.2, 0) is 4.79 Å². The molecule has 3 rings (SSSR count). The third kappa shape index (κ3) is 2.61. The van der Waals surface area contributed by atoms with Crippen LogP contribution in [0.4, 0.5) is 0 Å². The van der Waals surface area contributed by atoms with Gasteiger partial charge in [0, 0.05) is 19.6 Å². The van der Waals surface area contributed by atoms with Crippen molar-refractivity contribution in [3.8, 4) is 0 Å². The van der Waals surface area contributed by atoms with Gasteiger partial charge in [-0.1, -0.05) is 48.6 Å². The molecule has 3 nitrogen and oxygen atoms in total. The highest BCUT2D eigenvalue weighted by Crippen LogP contribution is 2.22. The fraction of sp³-hybridized carbons (Fsp3) is 0.312. The van der Waals surface area contributed by atoms with Crippen LogP contribution < -0.4 is 5.32 Å². The number of nitrogens with one attached hydrogen (secondary N) is 1. The van der Waals surface area contributed by atoms with Gasteiger partial charge in [0.05, 0.1) is 0 Å². The highest BCUT2D eigenvalue weighted by molar-refractivity contribution is 5.85. The zero-order valence-corrected chi connectivity index (χ0v) is 10.9. The van der Waals surface area contributed by atoms with Gasteiger partial charge >= 0.3 is 0 Å². The average molecular weight is 254 g/mol. The highest BCUT2D eigenvalue weighted by Gasteiger charge is 2.24. The van der Waals surface area contributed by atoms with E-state index in [1.165, 1.54) is 11.1 Å². The van der Waals surface area contributed by atoms with Crippen molar-refractivity contribution in [2.24, 2.45) is 0 Å². The Bertz CT molecular complexity index is 519. The minimum atomic E-state index is -0.119. The van der Waals surface area contributed by atoms with Gasteiger partial charge in [0.25, 0.3) is 0 Å². The van der Waals surface area contributed by atoms with Gasteiger partial charge in [-0.05, 0) is 17.6 Å². The molecular weight excluding hydrogens is 236 g/mol. The van der Waals surface area contributed by atoms with Crippen molar-refractivity contribution in [1.82, 2.24) is 10.2 Å². The van der Waals surface area contributed by atoms with Gasteiger partial charge in [0.1, 0.15) is 6.04 Å². The zero-order chi connectivity index (χ0) is 13.1. The zero-order valence-electron chi connectivity index (χ0n) is 10.9. The van der Waals surface area contributed by atoms with E-state index in [9.17, 15) is 4.79 Å². The summed E-state index contributed by atoms with van der Waals surface area (Å²) in [6, 6.07) is 10.3. The Morgan fingerprint density at radius 1 is 1.26 bits per heavy atom. The number of hydrogen-bond acceptors (Lipinski definition) is 2. The van der Waals surface area contributed by atoms with E-state index in [-0.39, 0.29) is 11.9 Å². The summed E-state index contributed by atoms with van der Waals surface area (Å²) in [5, 5.41) is 3.17. The Morgan fingerprint density at radius 3 is 2.74 bits per heavy atom. The number of hydrogen-bond donors (Lipinski definition) is 1. The summed E-state index contributed by atoms with van der Waals surface area (Å²) in [5.41, 5.74) is 2.62. The van der Waals surface area contributed by atoms with Crippen molar-refractivity contribution < 1.29 is 4.79 Å². The van der Waals surface area contributed by atoms with Gasteiger partial charge in [-0.25, -0.2) is 0 Å². The molecule has 1 atom stereocenters. The molecule has 1 amide bonds. The third-order valence-electron chi connectivity index (χ3n) is 3.72. The molecule has 0 fully saturated rings. The number of carbonyl (C=O) groups is 1. The van der Waals surface area contributed by atoms with E-state index in [1.54, 1.807) is 0 Å². The molecule has 0 saturated heterocycles. The SMILES string of the molecule is O=C(C1C=CCN1)N1CC=C(c2ccccc2)CC1. The lowest BCUT2D eigenvalue weighted by atomic mass is 9.99. The predicted molar refractivity (Wildman–Crippen MR) is 76.5 cm³/mol. The van der Waals surface area contributed by atoms with E-state index in [0.29, 0.717) is 0 Å². The summed E-state index contributed by atoms with van der Waals surface area (Å²) in [5.74, 6) is 0.192. The predicted octanol–water partition coefficient (Wildman–Crippen LogP) is 1.83. The van der Waals surface area contributed by atoms with E-state index in [0.717, 1.165) is 26.1 Å². The quantitative estimate of drug-likeness (QED) is 0.817.